The Labute approximate surface area is 204 Å². The molecule has 0 aliphatic rings. The Morgan fingerprint density at radius 3 is 2.43 bits per heavy atom. The molecular weight excluding hydrogens is 438 g/mol. The Hall–Kier alpha value is -4.37. The van der Waals surface area contributed by atoms with Crippen LogP contribution in [0, 0.1) is 18.3 Å². The largest absolute Gasteiger partial charge is 0.504 e. The molecule has 0 unspecified atom stereocenters. The highest BCUT2D eigenvalue weighted by Crippen LogP contribution is 2.27. The number of benzene rings is 3. The maximum absolute atomic E-state index is 13.7. The number of rotatable bonds is 7. The van der Waals surface area contributed by atoms with Crippen LogP contribution in [0.1, 0.15) is 48.0 Å². The van der Waals surface area contributed by atoms with Gasteiger partial charge in [0.15, 0.2) is 11.5 Å². The minimum Gasteiger partial charge on any atom is -0.504 e. The molecule has 0 saturated heterocycles. The number of hydrogen-bond donors (Lipinski definition) is 2. The predicted molar refractivity (Wildman–Crippen MR) is 136 cm³/mol. The molecule has 1 heterocycles. The highest BCUT2D eigenvalue weighted by atomic mass is 16.3. The number of phenols is 2. The van der Waals surface area contributed by atoms with Crippen molar-refractivity contribution in [2.45, 2.75) is 39.5 Å². The van der Waals surface area contributed by atoms with Crippen LogP contribution in [-0.2, 0) is 12.8 Å². The zero-order valence-electron chi connectivity index (χ0n) is 19.8. The lowest BCUT2D eigenvalue weighted by molar-refractivity contribution is 0.403. The summed E-state index contributed by atoms with van der Waals surface area (Å²) in [4.78, 5) is 18.5. The topological polar surface area (TPSA) is 99.1 Å². The maximum atomic E-state index is 13.7. The quantitative estimate of drug-likeness (QED) is 0.355. The van der Waals surface area contributed by atoms with E-state index in [9.17, 15) is 20.3 Å². The van der Waals surface area contributed by atoms with Crippen molar-refractivity contribution in [3.8, 4) is 34.4 Å². The molecule has 0 fully saturated rings. The van der Waals surface area contributed by atoms with Crippen molar-refractivity contribution < 1.29 is 10.2 Å². The molecule has 3 aromatic carbocycles. The van der Waals surface area contributed by atoms with E-state index in [0.717, 1.165) is 35.2 Å². The van der Waals surface area contributed by atoms with Gasteiger partial charge in [-0.2, -0.15) is 5.26 Å². The average molecular weight is 466 g/mol. The van der Waals surface area contributed by atoms with E-state index in [2.05, 4.69) is 13.0 Å². The third-order valence-electron chi connectivity index (χ3n) is 6.11. The first-order valence-corrected chi connectivity index (χ1v) is 11.6. The first-order valence-electron chi connectivity index (χ1n) is 11.6. The molecule has 0 atom stereocenters. The zero-order chi connectivity index (χ0) is 24.9. The molecule has 0 amide bonds. The number of nitriles is 1. The Balaban J connectivity index is 1.76. The Bertz CT molecular complexity index is 1460. The SMILES string of the molecule is CCCCc1nc(C)n(-c2ccc(O)c(O)c2)c(=O)c1Cc1ccc(-c2ccccc2C#N)cc1. The molecule has 0 radical (unpaired) electrons. The summed E-state index contributed by atoms with van der Waals surface area (Å²) in [6.45, 7) is 3.87. The fourth-order valence-electron chi connectivity index (χ4n) is 4.24. The number of phenolic OH excluding ortho intramolecular Hbond substituents is 2. The van der Waals surface area contributed by atoms with E-state index in [4.69, 9.17) is 4.98 Å². The van der Waals surface area contributed by atoms with E-state index in [1.54, 1.807) is 19.1 Å². The van der Waals surface area contributed by atoms with Crippen molar-refractivity contribution >= 4 is 0 Å². The molecule has 0 spiro atoms. The molecule has 176 valence electrons. The summed E-state index contributed by atoms with van der Waals surface area (Å²) in [6, 6.07) is 21.9. The first-order chi connectivity index (χ1) is 16.9. The van der Waals surface area contributed by atoms with Crippen LogP contribution in [-0.4, -0.2) is 19.8 Å². The van der Waals surface area contributed by atoms with E-state index in [-0.39, 0.29) is 17.1 Å². The number of aromatic nitrogens is 2. The van der Waals surface area contributed by atoms with Crippen molar-refractivity contribution in [2.75, 3.05) is 0 Å². The van der Waals surface area contributed by atoms with Crippen LogP contribution in [0.3, 0.4) is 0 Å². The van der Waals surface area contributed by atoms with Gasteiger partial charge in [-0.3, -0.25) is 9.36 Å². The van der Waals surface area contributed by atoms with E-state index >= 15 is 0 Å². The summed E-state index contributed by atoms with van der Waals surface area (Å²) in [5.74, 6) is -0.0117. The van der Waals surface area contributed by atoms with Crippen molar-refractivity contribution in [3.63, 3.8) is 0 Å². The number of aryl methyl sites for hydroxylation is 2. The van der Waals surface area contributed by atoms with Crippen LogP contribution in [0.4, 0.5) is 0 Å². The summed E-state index contributed by atoms with van der Waals surface area (Å²) < 4.78 is 1.47. The molecule has 4 aromatic rings. The number of nitrogens with zero attached hydrogens (tertiary/aromatic N) is 3. The minimum atomic E-state index is -0.293. The Morgan fingerprint density at radius 1 is 1.00 bits per heavy atom. The highest BCUT2D eigenvalue weighted by molar-refractivity contribution is 5.70. The monoisotopic (exact) mass is 465 g/mol. The van der Waals surface area contributed by atoms with Crippen LogP contribution in [0.5, 0.6) is 11.5 Å². The second-order valence-electron chi connectivity index (χ2n) is 8.53. The van der Waals surface area contributed by atoms with E-state index < -0.39 is 0 Å². The first kappa shape index (κ1) is 23.8. The van der Waals surface area contributed by atoms with Gasteiger partial charge in [0.05, 0.1) is 23.0 Å². The van der Waals surface area contributed by atoms with Gasteiger partial charge in [0.25, 0.3) is 5.56 Å². The van der Waals surface area contributed by atoms with Crippen LogP contribution >= 0.6 is 0 Å². The molecule has 4 rings (SSSR count). The van der Waals surface area contributed by atoms with Gasteiger partial charge in [0.2, 0.25) is 0 Å². The molecule has 0 aliphatic heterocycles. The van der Waals surface area contributed by atoms with Crippen molar-refractivity contribution in [1.29, 1.82) is 5.26 Å². The maximum Gasteiger partial charge on any atom is 0.261 e. The summed E-state index contributed by atoms with van der Waals surface area (Å²) in [5.41, 5.74) is 5.05. The zero-order valence-corrected chi connectivity index (χ0v) is 19.8. The van der Waals surface area contributed by atoms with Crippen molar-refractivity contribution in [1.82, 2.24) is 9.55 Å². The second-order valence-corrected chi connectivity index (χ2v) is 8.53. The number of aromatic hydroxyl groups is 2. The van der Waals surface area contributed by atoms with Gasteiger partial charge in [0.1, 0.15) is 5.82 Å². The van der Waals surface area contributed by atoms with Gasteiger partial charge in [-0.1, -0.05) is 55.8 Å². The van der Waals surface area contributed by atoms with Crippen molar-refractivity contribution in [2.24, 2.45) is 0 Å². The fraction of sp³-hybridized carbons (Fsp3) is 0.207. The second kappa shape index (κ2) is 10.3. The fourth-order valence-corrected chi connectivity index (χ4v) is 4.24. The summed E-state index contributed by atoms with van der Waals surface area (Å²) in [6.07, 6.45) is 3.03. The minimum absolute atomic E-state index is 0.187. The van der Waals surface area contributed by atoms with Crippen LogP contribution < -0.4 is 5.56 Å². The molecule has 35 heavy (non-hydrogen) atoms. The molecule has 1 aromatic heterocycles. The lowest BCUT2D eigenvalue weighted by Gasteiger charge is -2.16. The Morgan fingerprint density at radius 2 is 1.74 bits per heavy atom. The lowest BCUT2D eigenvalue weighted by Crippen LogP contribution is -2.28. The Kier molecular flexibility index (Phi) is 6.98. The molecular formula is C29H27N3O3. The third kappa shape index (κ3) is 4.95. The standard InChI is InChI=1S/C29H27N3O3/c1-3-4-9-26-25(29(35)32(19(2)31-26)23-14-15-27(33)28(34)17-23)16-20-10-12-21(13-11-20)24-8-6-5-7-22(24)18-30/h5-8,10-15,17,33-34H,3-4,9,16H2,1-2H3. The molecule has 2 N–H and O–H groups in total. The van der Waals surface area contributed by atoms with E-state index in [1.165, 1.54) is 16.7 Å². The average Bonchev–Trinajstić information content (AvgIpc) is 2.87. The van der Waals surface area contributed by atoms with Crippen molar-refractivity contribution in [3.05, 3.63) is 105 Å². The normalized spacial score (nSPS) is 10.8. The van der Waals surface area contributed by atoms with Crippen LogP contribution in [0.15, 0.2) is 71.5 Å². The molecule has 6 nitrogen and oxygen atoms in total. The smallest absolute Gasteiger partial charge is 0.261 e. The molecule has 6 heteroatoms. The third-order valence-corrected chi connectivity index (χ3v) is 6.11. The summed E-state index contributed by atoms with van der Waals surface area (Å²) in [5, 5.41) is 29.1. The van der Waals surface area contributed by atoms with Gasteiger partial charge in [-0.05, 0) is 54.7 Å². The van der Waals surface area contributed by atoms with Gasteiger partial charge in [-0.15, -0.1) is 0 Å². The van der Waals surface area contributed by atoms with Gasteiger partial charge in [-0.25, -0.2) is 4.98 Å². The summed E-state index contributed by atoms with van der Waals surface area (Å²) in [7, 11) is 0. The lowest BCUT2D eigenvalue weighted by atomic mass is 9.96. The van der Waals surface area contributed by atoms with E-state index in [1.807, 2.05) is 42.5 Å². The number of unbranched alkanes of at least 4 members (excludes halogenated alkanes) is 1. The molecule has 0 bridgehead atoms. The predicted octanol–water partition coefficient (Wildman–Crippen LogP) is 5.42. The van der Waals surface area contributed by atoms with Gasteiger partial charge >= 0.3 is 0 Å². The van der Waals surface area contributed by atoms with E-state index in [0.29, 0.717) is 35.5 Å². The number of hydrogen-bond acceptors (Lipinski definition) is 5. The van der Waals surface area contributed by atoms with Gasteiger partial charge < -0.3 is 10.2 Å². The van der Waals surface area contributed by atoms with Gasteiger partial charge in [0, 0.05) is 18.1 Å². The molecule has 0 aliphatic carbocycles. The van der Waals surface area contributed by atoms with Crippen LogP contribution in [0.25, 0.3) is 16.8 Å². The summed E-state index contributed by atoms with van der Waals surface area (Å²) >= 11 is 0. The van der Waals surface area contributed by atoms with Crippen LogP contribution in [0.2, 0.25) is 0 Å². The molecule has 0 saturated carbocycles. The highest BCUT2D eigenvalue weighted by Gasteiger charge is 2.17.